The minimum absolute atomic E-state index is 0.0967. The molecule has 3 rings (SSSR count). The molecule has 2 heterocycles. The van der Waals surface area contributed by atoms with Crippen molar-refractivity contribution in [1.29, 1.82) is 0 Å². The average Bonchev–Trinajstić information content (AvgIpc) is 2.84. The fraction of sp³-hybridized carbons (Fsp3) is 0.562. The normalized spacial score (nSPS) is 18.7. The molecule has 23 heavy (non-hydrogen) atoms. The van der Waals surface area contributed by atoms with Crippen molar-refractivity contribution in [1.82, 2.24) is 9.97 Å². The van der Waals surface area contributed by atoms with Crippen molar-refractivity contribution in [3.05, 3.63) is 20.8 Å². The number of thiophene rings is 1. The number of nitrogens with zero attached hydrogens (tertiary/aromatic N) is 1. The number of aryl methyl sites for hydroxylation is 1. The van der Waals surface area contributed by atoms with E-state index in [9.17, 15) is 9.59 Å². The van der Waals surface area contributed by atoms with Crippen LogP contribution in [0.1, 0.15) is 37.6 Å². The number of hydrogen-bond donors (Lipinski definition) is 1. The van der Waals surface area contributed by atoms with Gasteiger partial charge in [-0.3, -0.25) is 9.59 Å². The summed E-state index contributed by atoms with van der Waals surface area (Å²) < 4.78 is 4.99. The largest absolute Gasteiger partial charge is 0.465 e. The van der Waals surface area contributed by atoms with E-state index in [4.69, 9.17) is 4.74 Å². The van der Waals surface area contributed by atoms with Crippen LogP contribution in [0.15, 0.2) is 9.95 Å². The molecular weight excluding hydrogens is 332 g/mol. The number of H-pyrrole nitrogens is 1. The third-order valence-corrected chi connectivity index (χ3v) is 6.16. The molecule has 0 aromatic carbocycles. The molecule has 0 bridgehead atoms. The van der Waals surface area contributed by atoms with Crippen molar-refractivity contribution in [2.45, 2.75) is 50.4 Å². The molecule has 0 amide bonds. The number of nitrogens with one attached hydrogen (secondary N) is 1. The standard InChI is InChI=1S/C16H20N2O3S2/c1-4-21-15(20)9(3)22-16-17-13(19)12-10-6-5-8(2)7-11(10)23-14(12)18-16/h8-9H,4-7H2,1-3H3,(H,17,18,19)/t8-,9+/m0/s1. The van der Waals surface area contributed by atoms with E-state index in [-0.39, 0.29) is 11.5 Å². The molecule has 0 radical (unpaired) electrons. The van der Waals surface area contributed by atoms with Gasteiger partial charge in [0.1, 0.15) is 10.1 Å². The maximum absolute atomic E-state index is 12.5. The number of carbonyl (C=O) groups is 1. The summed E-state index contributed by atoms with van der Waals surface area (Å²) >= 11 is 2.85. The highest BCUT2D eigenvalue weighted by Crippen LogP contribution is 2.36. The number of hydrogen-bond acceptors (Lipinski definition) is 6. The summed E-state index contributed by atoms with van der Waals surface area (Å²) in [5.74, 6) is 0.367. The third-order valence-electron chi connectivity index (χ3n) is 4.05. The van der Waals surface area contributed by atoms with Crippen LogP contribution in [0.5, 0.6) is 0 Å². The first-order valence-corrected chi connectivity index (χ1v) is 9.57. The van der Waals surface area contributed by atoms with Crippen LogP contribution in [0.25, 0.3) is 10.2 Å². The Kier molecular flexibility index (Phi) is 4.77. The van der Waals surface area contributed by atoms with Crippen molar-refractivity contribution in [3.8, 4) is 0 Å². The Morgan fingerprint density at radius 1 is 1.57 bits per heavy atom. The lowest BCUT2D eigenvalue weighted by molar-refractivity contribution is -0.142. The highest BCUT2D eigenvalue weighted by Gasteiger charge is 2.24. The minimum Gasteiger partial charge on any atom is -0.465 e. The smallest absolute Gasteiger partial charge is 0.319 e. The number of rotatable bonds is 4. The quantitative estimate of drug-likeness (QED) is 0.520. The Hall–Kier alpha value is -1.34. The average molecular weight is 352 g/mol. The molecule has 5 nitrogen and oxygen atoms in total. The molecule has 0 aliphatic heterocycles. The van der Waals surface area contributed by atoms with Gasteiger partial charge in [-0.25, -0.2) is 4.98 Å². The van der Waals surface area contributed by atoms with Crippen molar-refractivity contribution >= 4 is 39.3 Å². The fourth-order valence-electron chi connectivity index (χ4n) is 2.86. The van der Waals surface area contributed by atoms with Crippen molar-refractivity contribution in [2.24, 2.45) is 5.92 Å². The van der Waals surface area contributed by atoms with Gasteiger partial charge in [0.2, 0.25) is 0 Å². The lowest BCUT2D eigenvalue weighted by Crippen LogP contribution is -2.18. The van der Waals surface area contributed by atoms with Crippen LogP contribution in [0, 0.1) is 5.92 Å². The van der Waals surface area contributed by atoms with Gasteiger partial charge in [-0.15, -0.1) is 11.3 Å². The van der Waals surface area contributed by atoms with Crippen molar-refractivity contribution in [2.75, 3.05) is 6.61 Å². The van der Waals surface area contributed by atoms with Gasteiger partial charge in [-0.2, -0.15) is 0 Å². The van der Waals surface area contributed by atoms with Crippen LogP contribution in [0.3, 0.4) is 0 Å². The summed E-state index contributed by atoms with van der Waals surface area (Å²) in [5, 5.41) is 0.824. The van der Waals surface area contributed by atoms with E-state index in [2.05, 4.69) is 16.9 Å². The first kappa shape index (κ1) is 16.5. The van der Waals surface area contributed by atoms with Gasteiger partial charge in [0, 0.05) is 4.88 Å². The number of carbonyl (C=O) groups excluding carboxylic acids is 1. The Morgan fingerprint density at radius 3 is 3.09 bits per heavy atom. The Bertz CT molecular complexity index is 796. The molecule has 1 N–H and O–H groups in total. The number of esters is 1. The maximum Gasteiger partial charge on any atom is 0.319 e. The molecule has 2 atom stereocenters. The van der Waals surface area contributed by atoms with E-state index < -0.39 is 5.25 Å². The zero-order valence-corrected chi connectivity index (χ0v) is 15.1. The van der Waals surface area contributed by atoms with Gasteiger partial charge >= 0.3 is 5.97 Å². The predicted molar refractivity (Wildman–Crippen MR) is 93.4 cm³/mol. The summed E-state index contributed by atoms with van der Waals surface area (Å²) in [6, 6.07) is 0. The van der Waals surface area contributed by atoms with Crippen LogP contribution in [0.2, 0.25) is 0 Å². The molecule has 0 saturated carbocycles. The topological polar surface area (TPSA) is 72.0 Å². The number of thioether (sulfide) groups is 1. The molecular formula is C16H20N2O3S2. The van der Waals surface area contributed by atoms with Gasteiger partial charge in [-0.05, 0) is 44.6 Å². The van der Waals surface area contributed by atoms with Gasteiger partial charge in [0.05, 0.1) is 12.0 Å². The number of aromatic nitrogens is 2. The van der Waals surface area contributed by atoms with E-state index in [0.717, 1.165) is 29.5 Å². The summed E-state index contributed by atoms with van der Waals surface area (Å²) in [7, 11) is 0. The van der Waals surface area contributed by atoms with Crippen molar-refractivity contribution in [3.63, 3.8) is 0 Å². The summed E-state index contributed by atoms with van der Waals surface area (Å²) in [5.41, 5.74) is 1.08. The van der Waals surface area contributed by atoms with E-state index in [1.165, 1.54) is 22.2 Å². The first-order valence-electron chi connectivity index (χ1n) is 7.87. The second-order valence-corrected chi connectivity index (χ2v) is 8.33. The van der Waals surface area contributed by atoms with Gasteiger partial charge in [0.25, 0.3) is 5.56 Å². The summed E-state index contributed by atoms with van der Waals surface area (Å²) in [6.45, 7) is 6.13. The number of fused-ring (bicyclic) bond motifs is 3. The Labute approximate surface area is 142 Å². The molecule has 0 spiro atoms. The minimum atomic E-state index is -0.398. The molecule has 0 fully saturated rings. The molecule has 7 heteroatoms. The zero-order valence-electron chi connectivity index (χ0n) is 13.5. The van der Waals surface area contributed by atoms with E-state index in [0.29, 0.717) is 17.7 Å². The lowest BCUT2D eigenvalue weighted by atomic mass is 9.89. The first-order chi connectivity index (χ1) is 11.0. The van der Waals surface area contributed by atoms with Gasteiger partial charge in [-0.1, -0.05) is 18.7 Å². The SMILES string of the molecule is CCOC(=O)[C@@H](C)Sc1nc2sc3c(c2c(=O)[nH]1)CC[C@H](C)C3. The summed E-state index contributed by atoms with van der Waals surface area (Å²) in [6.07, 6.45) is 3.10. The molecule has 2 aromatic rings. The molecule has 1 aliphatic rings. The number of ether oxygens (including phenoxy) is 1. The summed E-state index contributed by atoms with van der Waals surface area (Å²) in [4.78, 5) is 33.7. The van der Waals surface area contributed by atoms with E-state index in [1.807, 2.05) is 0 Å². The molecule has 2 aromatic heterocycles. The van der Waals surface area contributed by atoms with Crippen LogP contribution < -0.4 is 5.56 Å². The van der Waals surface area contributed by atoms with Crippen LogP contribution in [0.4, 0.5) is 0 Å². The predicted octanol–water partition coefficient (Wildman–Crippen LogP) is 3.15. The number of aromatic amines is 1. The van der Waals surface area contributed by atoms with Crippen LogP contribution in [-0.2, 0) is 22.4 Å². The molecule has 124 valence electrons. The fourth-order valence-corrected chi connectivity index (χ4v) is 5.10. The lowest BCUT2D eigenvalue weighted by Gasteiger charge is -2.17. The Balaban J connectivity index is 1.93. The van der Waals surface area contributed by atoms with Gasteiger partial charge < -0.3 is 9.72 Å². The van der Waals surface area contributed by atoms with E-state index in [1.54, 1.807) is 25.2 Å². The molecule has 0 saturated heterocycles. The van der Waals surface area contributed by atoms with Crippen LogP contribution in [-0.4, -0.2) is 27.8 Å². The maximum atomic E-state index is 12.5. The Morgan fingerprint density at radius 2 is 2.35 bits per heavy atom. The van der Waals surface area contributed by atoms with Crippen molar-refractivity contribution < 1.29 is 9.53 Å². The third kappa shape index (κ3) is 3.30. The van der Waals surface area contributed by atoms with Gasteiger partial charge in [0.15, 0.2) is 5.16 Å². The highest BCUT2D eigenvalue weighted by atomic mass is 32.2. The molecule has 0 unspecified atom stereocenters. The van der Waals surface area contributed by atoms with Crippen LogP contribution >= 0.6 is 23.1 Å². The second-order valence-electron chi connectivity index (χ2n) is 5.92. The monoisotopic (exact) mass is 352 g/mol. The molecule has 1 aliphatic carbocycles. The zero-order chi connectivity index (χ0) is 16.6. The highest BCUT2D eigenvalue weighted by molar-refractivity contribution is 8.00. The van der Waals surface area contributed by atoms with E-state index >= 15 is 0 Å². The second kappa shape index (κ2) is 6.65.